The van der Waals surface area contributed by atoms with Gasteiger partial charge in [0.05, 0.1) is 5.92 Å². The molecule has 1 aromatic heterocycles. The second-order valence-corrected chi connectivity index (χ2v) is 10.4. The largest absolute Gasteiger partial charge is 0.339 e. The number of fused-ring (bicyclic) bond motifs is 3. The van der Waals surface area contributed by atoms with Gasteiger partial charge in [-0.15, -0.1) is 0 Å². The van der Waals surface area contributed by atoms with Crippen molar-refractivity contribution < 1.29 is 14.0 Å². The number of benzene rings is 1. The van der Waals surface area contributed by atoms with Crippen LogP contribution in [0.15, 0.2) is 47.8 Å². The van der Waals surface area contributed by atoms with E-state index in [9.17, 15) is 14.0 Å². The summed E-state index contributed by atoms with van der Waals surface area (Å²) in [6.07, 6.45) is 7.88. The third-order valence-electron chi connectivity index (χ3n) is 8.15. The summed E-state index contributed by atoms with van der Waals surface area (Å²) < 4.78 is 13.5. The van der Waals surface area contributed by atoms with Gasteiger partial charge in [-0.25, -0.2) is 14.4 Å². The number of nitrogens with zero attached hydrogens (tertiary/aromatic N) is 7. The summed E-state index contributed by atoms with van der Waals surface area (Å²) in [6, 6.07) is 8.17. The van der Waals surface area contributed by atoms with Crippen LogP contribution in [-0.2, 0) is 16.1 Å². The lowest BCUT2D eigenvalue weighted by Gasteiger charge is -2.50. The fourth-order valence-corrected chi connectivity index (χ4v) is 6.17. The van der Waals surface area contributed by atoms with E-state index in [0.29, 0.717) is 51.5 Å². The van der Waals surface area contributed by atoms with Crippen molar-refractivity contribution in [1.82, 2.24) is 30.1 Å². The SMILES string of the molecule is O=C(CCC1=NNC2N(Cc3ccc(F)cc3)C(=O)C3CCCCC3N12)N1CCN(c2ncccn2)CC1. The lowest BCUT2D eigenvalue weighted by molar-refractivity contribution is -0.156. The summed E-state index contributed by atoms with van der Waals surface area (Å²) in [5.41, 5.74) is 4.05. The number of carbonyl (C=O) groups excluding carboxylic acids is 2. The van der Waals surface area contributed by atoms with Crippen LogP contribution < -0.4 is 10.3 Å². The number of hydrazone groups is 1. The first-order valence-electron chi connectivity index (χ1n) is 13.5. The minimum Gasteiger partial charge on any atom is -0.339 e. The fourth-order valence-electron chi connectivity index (χ4n) is 6.17. The van der Waals surface area contributed by atoms with Gasteiger partial charge in [-0.3, -0.25) is 19.9 Å². The first kappa shape index (κ1) is 24.6. The van der Waals surface area contributed by atoms with Crippen LogP contribution in [0.25, 0.3) is 0 Å². The van der Waals surface area contributed by atoms with Crippen molar-refractivity contribution in [3.05, 3.63) is 54.1 Å². The summed E-state index contributed by atoms with van der Waals surface area (Å²) in [7, 11) is 0. The summed E-state index contributed by atoms with van der Waals surface area (Å²) in [6.45, 7) is 3.07. The highest BCUT2D eigenvalue weighted by molar-refractivity contribution is 5.91. The van der Waals surface area contributed by atoms with Gasteiger partial charge in [0.2, 0.25) is 17.8 Å². The van der Waals surface area contributed by atoms with E-state index < -0.39 is 0 Å². The molecule has 3 fully saturated rings. The predicted molar refractivity (Wildman–Crippen MR) is 139 cm³/mol. The summed E-state index contributed by atoms with van der Waals surface area (Å²) in [4.78, 5) is 43.4. The van der Waals surface area contributed by atoms with Gasteiger partial charge in [-0.1, -0.05) is 25.0 Å². The van der Waals surface area contributed by atoms with E-state index in [1.54, 1.807) is 30.6 Å². The highest BCUT2D eigenvalue weighted by atomic mass is 19.1. The van der Waals surface area contributed by atoms with E-state index >= 15 is 0 Å². The van der Waals surface area contributed by atoms with Crippen LogP contribution in [0.1, 0.15) is 44.1 Å². The van der Waals surface area contributed by atoms with Crippen molar-refractivity contribution in [2.24, 2.45) is 11.0 Å². The molecule has 3 atom stereocenters. The molecule has 2 saturated heterocycles. The van der Waals surface area contributed by atoms with Crippen LogP contribution >= 0.6 is 0 Å². The van der Waals surface area contributed by atoms with Crippen LogP contribution in [0, 0.1) is 11.7 Å². The van der Waals surface area contributed by atoms with E-state index in [1.807, 2.05) is 9.80 Å². The van der Waals surface area contributed by atoms with Crippen LogP contribution in [-0.4, -0.2) is 80.8 Å². The van der Waals surface area contributed by atoms with Crippen molar-refractivity contribution in [2.75, 3.05) is 31.1 Å². The number of hydrogen-bond acceptors (Lipinski definition) is 8. The van der Waals surface area contributed by atoms with Gasteiger partial charge in [0.1, 0.15) is 11.7 Å². The Morgan fingerprint density at radius 3 is 2.53 bits per heavy atom. The van der Waals surface area contributed by atoms with Gasteiger partial charge in [-0.05, 0) is 36.6 Å². The molecule has 11 heteroatoms. The van der Waals surface area contributed by atoms with E-state index in [-0.39, 0.29) is 35.9 Å². The molecule has 3 aliphatic heterocycles. The first-order chi connectivity index (χ1) is 18.6. The smallest absolute Gasteiger partial charge is 0.231 e. The topological polar surface area (TPSA) is 97.3 Å². The van der Waals surface area contributed by atoms with Gasteiger partial charge in [0, 0.05) is 64.0 Å². The van der Waals surface area contributed by atoms with Gasteiger partial charge in [0.25, 0.3) is 0 Å². The van der Waals surface area contributed by atoms with E-state index in [2.05, 4.69) is 30.3 Å². The Morgan fingerprint density at radius 2 is 1.76 bits per heavy atom. The van der Waals surface area contributed by atoms with Crippen molar-refractivity contribution in [3.63, 3.8) is 0 Å². The number of rotatable bonds is 6. The normalized spacial score (nSPS) is 25.0. The minimum atomic E-state index is -0.383. The molecule has 4 aliphatic rings. The molecule has 1 aliphatic carbocycles. The number of amidine groups is 1. The molecule has 38 heavy (non-hydrogen) atoms. The van der Waals surface area contributed by atoms with Crippen LogP contribution in [0.3, 0.4) is 0 Å². The number of aromatic nitrogens is 2. The number of piperazine rings is 1. The highest BCUT2D eigenvalue weighted by Gasteiger charge is 2.50. The maximum atomic E-state index is 13.5. The molecular formula is C27H33FN8O2. The zero-order valence-electron chi connectivity index (χ0n) is 21.4. The van der Waals surface area contributed by atoms with Crippen molar-refractivity contribution in [2.45, 2.75) is 57.4 Å². The Balaban J connectivity index is 1.10. The number of anilines is 1. The van der Waals surface area contributed by atoms with Crippen LogP contribution in [0.2, 0.25) is 0 Å². The third kappa shape index (κ3) is 4.77. The quantitative estimate of drug-likeness (QED) is 0.623. The molecule has 200 valence electrons. The van der Waals surface area contributed by atoms with Gasteiger partial charge < -0.3 is 14.7 Å². The number of carbonyl (C=O) groups is 2. The molecule has 3 unspecified atom stereocenters. The zero-order chi connectivity index (χ0) is 26.1. The molecule has 1 aromatic carbocycles. The van der Waals surface area contributed by atoms with Crippen molar-refractivity contribution >= 4 is 23.6 Å². The Hall–Kier alpha value is -3.76. The Bertz CT molecular complexity index is 1190. The van der Waals surface area contributed by atoms with Gasteiger partial charge in [0.15, 0.2) is 6.29 Å². The van der Waals surface area contributed by atoms with Gasteiger partial charge in [-0.2, -0.15) is 5.10 Å². The average molecular weight is 521 g/mol. The van der Waals surface area contributed by atoms with Crippen LogP contribution in [0.4, 0.5) is 10.3 Å². The average Bonchev–Trinajstić information content (AvgIpc) is 3.39. The molecule has 0 radical (unpaired) electrons. The minimum absolute atomic E-state index is 0.0870. The first-order valence-corrected chi connectivity index (χ1v) is 13.5. The molecule has 4 heterocycles. The summed E-state index contributed by atoms with van der Waals surface area (Å²) in [5.74, 6) is 1.39. The fraction of sp³-hybridized carbons (Fsp3) is 0.519. The second kappa shape index (κ2) is 10.5. The summed E-state index contributed by atoms with van der Waals surface area (Å²) in [5, 5.41) is 4.62. The number of amides is 2. The molecular weight excluding hydrogens is 487 g/mol. The Morgan fingerprint density at radius 1 is 1.03 bits per heavy atom. The second-order valence-electron chi connectivity index (χ2n) is 10.4. The molecule has 10 nitrogen and oxygen atoms in total. The van der Waals surface area contributed by atoms with Crippen molar-refractivity contribution in [1.29, 1.82) is 0 Å². The monoisotopic (exact) mass is 520 g/mol. The highest BCUT2D eigenvalue weighted by Crippen LogP contribution is 2.38. The van der Waals surface area contributed by atoms with E-state index in [0.717, 1.165) is 37.1 Å². The number of hydrogen-bond donors (Lipinski definition) is 1. The molecule has 1 N–H and O–H groups in total. The maximum Gasteiger partial charge on any atom is 0.231 e. The maximum absolute atomic E-state index is 13.5. The summed E-state index contributed by atoms with van der Waals surface area (Å²) >= 11 is 0. The Kier molecular flexibility index (Phi) is 6.82. The van der Waals surface area contributed by atoms with Crippen LogP contribution in [0.5, 0.6) is 0 Å². The molecule has 2 aromatic rings. The van der Waals surface area contributed by atoms with Crippen molar-refractivity contribution in [3.8, 4) is 0 Å². The molecule has 2 amide bonds. The number of halogens is 1. The van der Waals surface area contributed by atoms with E-state index in [4.69, 9.17) is 0 Å². The molecule has 0 bridgehead atoms. The number of nitrogens with one attached hydrogen (secondary N) is 1. The lowest BCUT2D eigenvalue weighted by Crippen LogP contribution is -2.67. The zero-order valence-corrected chi connectivity index (χ0v) is 21.4. The van der Waals surface area contributed by atoms with Gasteiger partial charge >= 0.3 is 0 Å². The molecule has 0 spiro atoms. The third-order valence-corrected chi connectivity index (χ3v) is 8.15. The van der Waals surface area contributed by atoms with E-state index in [1.165, 1.54) is 12.1 Å². The molecule has 6 rings (SSSR count). The predicted octanol–water partition coefficient (Wildman–Crippen LogP) is 2.15. The molecule has 1 saturated carbocycles. The standard InChI is InChI=1S/C27H33FN8O2/c28-20-8-6-19(7-9-20)18-35-25(38)21-4-1-2-5-22(21)36-23(31-32-27(35)36)10-11-24(37)33-14-16-34(17-15-33)26-29-12-3-13-30-26/h3,6-9,12-13,21-22,27,32H,1-2,4-5,10-11,14-18H2. The lowest BCUT2D eigenvalue weighted by atomic mass is 9.80. The Labute approximate surface area is 221 Å².